The van der Waals surface area contributed by atoms with E-state index in [1.54, 1.807) is 12.1 Å². The summed E-state index contributed by atoms with van der Waals surface area (Å²) < 4.78 is 7.61. The Bertz CT molecular complexity index is 614. The second kappa shape index (κ2) is 7.34. The first-order valence-electron chi connectivity index (χ1n) is 6.54. The smallest absolute Gasteiger partial charge is 0.164 e. The van der Waals surface area contributed by atoms with Gasteiger partial charge < -0.3 is 4.74 Å². The van der Waals surface area contributed by atoms with Gasteiger partial charge in [0.25, 0.3) is 0 Å². The van der Waals surface area contributed by atoms with Crippen molar-refractivity contribution >= 4 is 34.8 Å². The van der Waals surface area contributed by atoms with E-state index < -0.39 is 0 Å². The summed E-state index contributed by atoms with van der Waals surface area (Å²) in [4.78, 5) is 4.21. The molecule has 7 heteroatoms. The van der Waals surface area contributed by atoms with Crippen LogP contribution in [0, 0.1) is 5.92 Å². The number of ether oxygens (including phenoxy) is 1. The highest BCUT2D eigenvalue weighted by Gasteiger charge is 2.13. The molecule has 0 saturated heterocycles. The van der Waals surface area contributed by atoms with E-state index in [0.717, 1.165) is 17.9 Å². The average Bonchev–Trinajstić information content (AvgIpc) is 2.83. The van der Waals surface area contributed by atoms with Crippen molar-refractivity contribution < 1.29 is 4.74 Å². The zero-order valence-corrected chi connectivity index (χ0v) is 14.1. The summed E-state index contributed by atoms with van der Waals surface area (Å²) in [6.45, 7) is 5.30. The molecule has 0 amide bonds. The molecule has 4 nitrogen and oxygen atoms in total. The van der Waals surface area contributed by atoms with Crippen LogP contribution in [0.4, 0.5) is 0 Å². The molecule has 0 bridgehead atoms. The molecule has 2 aromatic rings. The van der Waals surface area contributed by atoms with Crippen molar-refractivity contribution in [3.63, 3.8) is 0 Å². The first-order valence-corrected chi connectivity index (χ1v) is 7.83. The SMILES string of the molecule is CC(C)Cn1ncnc1COc1c(Cl)cc(Cl)cc1CCl. The van der Waals surface area contributed by atoms with Gasteiger partial charge in [-0.1, -0.05) is 37.0 Å². The Hall–Kier alpha value is -0.970. The molecule has 0 aliphatic heterocycles. The molecule has 1 aromatic carbocycles. The van der Waals surface area contributed by atoms with E-state index in [0.29, 0.717) is 21.7 Å². The lowest BCUT2D eigenvalue weighted by Gasteiger charge is -2.13. The number of rotatable bonds is 6. The van der Waals surface area contributed by atoms with E-state index in [2.05, 4.69) is 23.9 Å². The Balaban J connectivity index is 2.15. The zero-order chi connectivity index (χ0) is 15.4. The molecule has 1 heterocycles. The predicted octanol–water partition coefficient (Wildman–Crippen LogP) is 4.56. The van der Waals surface area contributed by atoms with Gasteiger partial charge in [-0.15, -0.1) is 11.6 Å². The molecule has 0 saturated carbocycles. The molecule has 0 unspecified atom stereocenters. The van der Waals surface area contributed by atoms with E-state index in [4.69, 9.17) is 39.5 Å². The predicted molar refractivity (Wildman–Crippen MR) is 85.2 cm³/mol. The highest BCUT2D eigenvalue weighted by molar-refractivity contribution is 6.35. The fourth-order valence-electron chi connectivity index (χ4n) is 1.91. The van der Waals surface area contributed by atoms with Gasteiger partial charge in [-0.3, -0.25) is 0 Å². The van der Waals surface area contributed by atoms with Gasteiger partial charge in [0.1, 0.15) is 18.7 Å². The minimum absolute atomic E-state index is 0.272. The summed E-state index contributed by atoms with van der Waals surface area (Å²) in [7, 11) is 0. The third kappa shape index (κ3) is 4.25. The standard InChI is InChI=1S/C14H16Cl3N3O/c1-9(2)6-20-13(18-8-19-20)7-21-14-10(5-15)3-11(16)4-12(14)17/h3-4,8-9H,5-7H2,1-2H3. The molecule has 21 heavy (non-hydrogen) atoms. The van der Waals surface area contributed by atoms with Crippen LogP contribution in [-0.4, -0.2) is 14.8 Å². The lowest BCUT2D eigenvalue weighted by molar-refractivity contribution is 0.281. The molecule has 114 valence electrons. The number of aromatic nitrogens is 3. The van der Waals surface area contributed by atoms with Gasteiger partial charge in [0, 0.05) is 17.1 Å². The number of alkyl halides is 1. The van der Waals surface area contributed by atoms with Crippen LogP contribution in [0.25, 0.3) is 0 Å². The van der Waals surface area contributed by atoms with Crippen molar-refractivity contribution in [1.29, 1.82) is 0 Å². The highest BCUT2D eigenvalue weighted by atomic mass is 35.5. The van der Waals surface area contributed by atoms with Crippen molar-refractivity contribution in [2.75, 3.05) is 0 Å². The minimum atomic E-state index is 0.272. The molecular formula is C14H16Cl3N3O. The number of hydrogen-bond donors (Lipinski definition) is 0. The van der Waals surface area contributed by atoms with E-state index >= 15 is 0 Å². The number of hydrogen-bond acceptors (Lipinski definition) is 3. The van der Waals surface area contributed by atoms with Gasteiger partial charge in [-0.05, 0) is 18.1 Å². The van der Waals surface area contributed by atoms with Gasteiger partial charge in [0.15, 0.2) is 5.82 Å². The van der Waals surface area contributed by atoms with Gasteiger partial charge in [-0.2, -0.15) is 5.10 Å². The monoisotopic (exact) mass is 347 g/mol. The first kappa shape index (κ1) is 16.4. The summed E-state index contributed by atoms with van der Waals surface area (Å²) in [5.41, 5.74) is 0.754. The molecule has 0 aliphatic rings. The maximum Gasteiger partial charge on any atom is 0.164 e. The zero-order valence-electron chi connectivity index (χ0n) is 11.8. The molecule has 1 aromatic heterocycles. The molecule has 0 spiro atoms. The van der Waals surface area contributed by atoms with Crippen molar-refractivity contribution in [2.24, 2.45) is 5.92 Å². The third-order valence-electron chi connectivity index (χ3n) is 2.81. The van der Waals surface area contributed by atoms with Crippen LogP contribution in [0.1, 0.15) is 25.2 Å². The fourth-order valence-corrected chi connectivity index (χ4v) is 2.70. The van der Waals surface area contributed by atoms with E-state index in [-0.39, 0.29) is 12.5 Å². The summed E-state index contributed by atoms with van der Waals surface area (Å²) in [5.74, 6) is 2.03. The van der Waals surface area contributed by atoms with Crippen LogP contribution in [0.15, 0.2) is 18.5 Å². The van der Waals surface area contributed by atoms with E-state index in [9.17, 15) is 0 Å². The van der Waals surface area contributed by atoms with Crippen molar-refractivity contribution in [3.05, 3.63) is 39.9 Å². The van der Waals surface area contributed by atoms with Crippen LogP contribution in [0.2, 0.25) is 10.0 Å². The maximum atomic E-state index is 6.17. The van der Waals surface area contributed by atoms with Gasteiger partial charge in [0.2, 0.25) is 0 Å². The Morgan fingerprint density at radius 2 is 2.05 bits per heavy atom. The van der Waals surface area contributed by atoms with Crippen LogP contribution >= 0.6 is 34.8 Å². The van der Waals surface area contributed by atoms with Crippen molar-refractivity contribution in [1.82, 2.24) is 14.8 Å². The summed E-state index contributed by atoms with van der Waals surface area (Å²) in [5, 5.41) is 5.16. The lowest BCUT2D eigenvalue weighted by atomic mass is 10.2. The normalized spacial score (nSPS) is 11.1. The minimum Gasteiger partial charge on any atom is -0.484 e. The van der Waals surface area contributed by atoms with Crippen LogP contribution in [0.5, 0.6) is 5.75 Å². The van der Waals surface area contributed by atoms with Crippen molar-refractivity contribution in [3.8, 4) is 5.75 Å². The maximum absolute atomic E-state index is 6.17. The Kier molecular flexibility index (Phi) is 5.73. The van der Waals surface area contributed by atoms with E-state index in [1.165, 1.54) is 6.33 Å². The first-order chi connectivity index (χ1) is 10.0. The quantitative estimate of drug-likeness (QED) is 0.719. The largest absolute Gasteiger partial charge is 0.484 e. The number of benzene rings is 1. The topological polar surface area (TPSA) is 39.9 Å². The Morgan fingerprint density at radius 1 is 1.29 bits per heavy atom. The Labute approximate surface area is 139 Å². The number of halogens is 3. The Morgan fingerprint density at radius 3 is 2.71 bits per heavy atom. The third-order valence-corrected chi connectivity index (χ3v) is 3.60. The summed E-state index contributed by atoms with van der Waals surface area (Å²) in [6.07, 6.45) is 1.52. The van der Waals surface area contributed by atoms with Crippen LogP contribution in [-0.2, 0) is 19.0 Å². The molecule has 0 atom stereocenters. The summed E-state index contributed by atoms with van der Waals surface area (Å²) >= 11 is 18.0. The second-order valence-electron chi connectivity index (χ2n) is 5.05. The van der Waals surface area contributed by atoms with Gasteiger partial charge in [-0.25, -0.2) is 9.67 Å². The molecule has 0 fully saturated rings. The fraction of sp³-hybridized carbons (Fsp3) is 0.429. The average molecular weight is 349 g/mol. The highest BCUT2D eigenvalue weighted by Crippen LogP contribution is 2.33. The van der Waals surface area contributed by atoms with E-state index in [1.807, 2.05) is 4.68 Å². The van der Waals surface area contributed by atoms with Gasteiger partial charge in [0.05, 0.1) is 10.9 Å². The van der Waals surface area contributed by atoms with Gasteiger partial charge >= 0.3 is 0 Å². The van der Waals surface area contributed by atoms with Crippen LogP contribution in [0.3, 0.4) is 0 Å². The molecule has 0 radical (unpaired) electrons. The van der Waals surface area contributed by atoms with Crippen LogP contribution < -0.4 is 4.74 Å². The second-order valence-corrected chi connectivity index (χ2v) is 6.16. The number of nitrogens with zero attached hydrogens (tertiary/aromatic N) is 3. The lowest BCUT2D eigenvalue weighted by Crippen LogP contribution is -2.12. The molecular weight excluding hydrogens is 333 g/mol. The molecule has 0 N–H and O–H groups in total. The summed E-state index contributed by atoms with van der Waals surface area (Å²) in [6, 6.07) is 3.38. The molecule has 2 rings (SSSR count). The molecule has 0 aliphatic carbocycles. The van der Waals surface area contributed by atoms with Crippen molar-refractivity contribution in [2.45, 2.75) is 32.9 Å².